The topological polar surface area (TPSA) is 116 Å². The average Bonchev–Trinajstić information content (AvgIpc) is 2.84. The standard InChI is InChI=1S/C14H18N4O4S/c1-3-18-10(2)8-14(16-18)17-23(20,21)12-6-4-11(5-7-12)22-9-13(15)19/h4-8H,3,9H2,1-2H3,(H2,15,19)(H,16,17). The van der Waals surface area contributed by atoms with E-state index in [1.54, 1.807) is 10.7 Å². The molecule has 0 spiro atoms. The van der Waals surface area contributed by atoms with Gasteiger partial charge in [0, 0.05) is 18.3 Å². The van der Waals surface area contributed by atoms with Crippen molar-refractivity contribution in [3.8, 4) is 5.75 Å². The van der Waals surface area contributed by atoms with Crippen LogP contribution in [0.25, 0.3) is 0 Å². The van der Waals surface area contributed by atoms with Crippen LogP contribution in [-0.2, 0) is 21.4 Å². The lowest BCUT2D eigenvalue weighted by molar-refractivity contribution is -0.119. The van der Waals surface area contributed by atoms with E-state index in [0.29, 0.717) is 12.3 Å². The Balaban J connectivity index is 2.13. The molecule has 0 fully saturated rings. The second-order valence-corrected chi connectivity index (χ2v) is 6.50. The number of amides is 1. The minimum atomic E-state index is -3.75. The number of carbonyl (C=O) groups is 1. The second-order valence-electron chi connectivity index (χ2n) is 4.82. The lowest BCUT2D eigenvalue weighted by Gasteiger charge is -2.07. The summed E-state index contributed by atoms with van der Waals surface area (Å²) in [7, 11) is -3.75. The number of anilines is 1. The third-order valence-corrected chi connectivity index (χ3v) is 4.41. The van der Waals surface area contributed by atoms with Crippen LogP contribution in [0.15, 0.2) is 35.2 Å². The van der Waals surface area contributed by atoms with E-state index in [2.05, 4.69) is 9.82 Å². The van der Waals surface area contributed by atoms with Gasteiger partial charge in [-0.3, -0.25) is 14.2 Å². The summed E-state index contributed by atoms with van der Waals surface area (Å²) in [5.74, 6) is 0.0116. The first-order chi connectivity index (χ1) is 10.8. The van der Waals surface area contributed by atoms with Crippen LogP contribution in [0.4, 0.5) is 5.82 Å². The molecule has 23 heavy (non-hydrogen) atoms. The quantitative estimate of drug-likeness (QED) is 0.777. The van der Waals surface area contributed by atoms with Gasteiger partial charge in [-0.25, -0.2) is 8.42 Å². The van der Waals surface area contributed by atoms with Crippen LogP contribution < -0.4 is 15.2 Å². The van der Waals surface area contributed by atoms with Crippen LogP contribution in [0, 0.1) is 6.92 Å². The molecular weight excluding hydrogens is 320 g/mol. The smallest absolute Gasteiger partial charge is 0.263 e. The lowest BCUT2D eigenvalue weighted by Crippen LogP contribution is -2.20. The van der Waals surface area contributed by atoms with E-state index in [4.69, 9.17) is 10.5 Å². The number of aromatic nitrogens is 2. The predicted molar refractivity (Wildman–Crippen MR) is 84.6 cm³/mol. The Morgan fingerprint density at radius 2 is 2.00 bits per heavy atom. The Labute approximate surface area is 134 Å². The Morgan fingerprint density at radius 1 is 1.35 bits per heavy atom. The maximum Gasteiger partial charge on any atom is 0.263 e. The number of nitrogens with one attached hydrogen (secondary N) is 1. The second kappa shape index (κ2) is 6.69. The minimum absolute atomic E-state index is 0.0626. The lowest BCUT2D eigenvalue weighted by atomic mass is 10.3. The first-order valence-corrected chi connectivity index (χ1v) is 8.38. The van der Waals surface area contributed by atoms with Gasteiger partial charge in [0.15, 0.2) is 12.4 Å². The third-order valence-electron chi connectivity index (χ3n) is 3.03. The number of carbonyl (C=O) groups excluding carboxylic acids is 1. The number of rotatable bonds is 7. The summed E-state index contributed by atoms with van der Waals surface area (Å²) in [5.41, 5.74) is 5.83. The molecule has 0 unspecified atom stereocenters. The van der Waals surface area contributed by atoms with Crippen molar-refractivity contribution in [2.45, 2.75) is 25.3 Å². The molecule has 1 heterocycles. The summed E-state index contributed by atoms with van der Waals surface area (Å²) in [6.07, 6.45) is 0. The fourth-order valence-corrected chi connectivity index (χ4v) is 2.93. The van der Waals surface area contributed by atoms with Crippen molar-refractivity contribution in [3.05, 3.63) is 36.0 Å². The van der Waals surface area contributed by atoms with Crippen molar-refractivity contribution >= 4 is 21.7 Å². The van der Waals surface area contributed by atoms with E-state index in [0.717, 1.165) is 5.69 Å². The monoisotopic (exact) mass is 338 g/mol. The number of nitrogens with two attached hydrogens (primary N) is 1. The van der Waals surface area contributed by atoms with E-state index in [1.165, 1.54) is 24.3 Å². The van der Waals surface area contributed by atoms with Crippen molar-refractivity contribution in [1.82, 2.24) is 9.78 Å². The van der Waals surface area contributed by atoms with E-state index in [1.807, 2.05) is 13.8 Å². The molecule has 0 bridgehead atoms. The first-order valence-electron chi connectivity index (χ1n) is 6.90. The van der Waals surface area contributed by atoms with Gasteiger partial charge in [0.1, 0.15) is 5.75 Å². The summed E-state index contributed by atoms with van der Waals surface area (Å²) in [4.78, 5) is 10.7. The zero-order chi connectivity index (χ0) is 17.0. The molecule has 9 heteroatoms. The fourth-order valence-electron chi connectivity index (χ4n) is 1.95. The highest BCUT2D eigenvalue weighted by atomic mass is 32.2. The zero-order valence-corrected chi connectivity index (χ0v) is 13.6. The molecule has 2 aromatic rings. The van der Waals surface area contributed by atoms with Crippen LogP contribution >= 0.6 is 0 Å². The molecule has 0 saturated carbocycles. The van der Waals surface area contributed by atoms with E-state index in [-0.39, 0.29) is 17.3 Å². The molecule has 1 aromatic heterocycles. The summed E-state index contributed by atoms with van der Waals surface area (Å²) in [6, 6.07) is 7.32. The first kappa shape index (κ1) is 16.8. The number of benzene rings is 1. The van der Waals surface area contributed by atoms with Crippen LogP contribution in [-0.4, -0.2) is 30.7 Å². The highest BCUT2D eigenvalue weighted by Gasteiger charge is 2.16. The molecule has 0 aliphatic rings. The Kier molecular flexibility index (Phi) is 4.89. The molecule has 0 atom stereocenters. The number of ether oxygens (including phenoxy) is 1. The van der Waals surface area contributed by atoms with Crippen molar-refractivity contribution in [2.24, 2.45) is 5.73 Å². The summed E-state index contributed by atoms with van der Waals surface area (Å²) in [5, 5.41) is 4.16. The fraction of sp³-hybridized carbons (Fsp3) is 0.286. The van der Waals surface area contributed by atoms with Gasteiger partial charge in [-0.2, -0.15) is 5.10 Å². The highest BCUT2D eigenvalue weighted by Crippen LogP contribution is 2.19. The molecule has 0 radical (unpaired) electrons. The third kappa shape index (κ3) is 4.22. The molecule has 8 nitrogen and oxygen atoms in total. The largest absolute Gasteiger partial charge is 0.484 e. The average molecular weight is 338 g/mol. The normalized spacial score (nSPS) is 11.2. The summed E-state index contributed by atoms with van der Waals surface area (Å²) < 4.78 is 33.8. The number of hydrogen-bond donors (Lipinski definition) is 2. The van der Waals surface area contributed by atoms with E-state index < -0.39 is 15.9 Å². The number of aryl methyl sites for hydroxylation is 2. The van der Waals surface area contributed by atoms with Crippen molar-refractivity contribution in [2.75, 3.05) is 11.3 Å². The van der Waals surface area contributed by atoms with Crippen molar-refractivity contribution in [3.63, 3.8) is 0 Å². The maximum absolute atomic E-state index is 12.3. The van der Waals surface area contributed by atoms with Gasteiger partial charge in [0.2, 0.25) is 0 Å². The van der Waals surface area contributed by atoms with Crippen molar-refractivity contribution in [1.29, 1.82) is 0 Å². The highest BCUT2D eigenvalue weighted by molar-refractivity contribution is 7.92. The van der Waals surface area contributed by atoms with E-state index >= 15 is 0 Å². The van der Waals surface area contributed by atoms with Gasteiger partial charge in [-0.05, 0) is 38.1 Å². The van der Waals surface area contributed by atoms with Gasteiger partial charge in [-0.1, -0.05) is 0 Å². The maximum atomic E-state index is 12.3. The molecular formula is C14H18N4O4S. The number of primary amides is 1. The molecule has 0 saturated heterocycles. The number of hydrogen-bond acceptors (Lipinski definition) is 5. The van der Waals surface area contributed by atoms with Gasteiger partial charge in [-0.15, -0.1) is 0 Å². The molecule has 0 aliphatic heterocycles. The van der Waals surface area contributed by atoms with Gasteiger partial charge >= 0.3 is 0 Å². The Morgan fingerprint density at radius 3 is 2.52 bits per heavy atom. The van der Waals surface area contributed by atoms with Crippen LogP contribution in [0.5, 0.6) is 5.75 Å². The van der Waals surface area contributed by atoms with Crippen LogP contribution in [0.2, 0.25) is 0 Å². The van der Waals surface area contributed by atoms with E-state index in [9.17, 15) is 13.2 Å². The zero-order valence-electron chi connectivity index (χ0n) is 12.8. The molecule has 0 aliphatic carbocycles. The number of nitrogens with zero attached hydrogens (tertiary/aromatic N) is 2. The van der Waals surface area contributed by atoms with Crippen LogP contribution in [0.1, 0.15) is 12.6 Å². The van der Waals surface area contributed by atoms with Crippen molar-refractivity contribution < 1.29 is 17.9 Å². The van der Waals surface area contributed by atoms with Crippen LogP contribution in [0.3, 0.4) is 0 Å². The molecule has 2 rings (SSSR count). The number of sulfonamides is 1. The minimum Gasteiger partial charge on any atom is -0.484 e. The molecule has 124 valence electrons. The van der Waals surface area contributed by atoms with Gasteiger partial charge < -0.3 is 10.5 Å². The van der Waals surface area contributed by atoms with Gasteiger partial charge in [0.25, 0.3) is 15.9 Å². The Hall–Kier alpha value is -2.55. The predicted octanol–water partition coefficient (Wildman–Crippen LogP) is 0.876. The molecule has 1 aromatic carbocycles. The van der Waals surface area contributed by atoms with Gasteiger partial charge in [0.05, 0.1) is 4.90 Å². The Bertz CT molecular complexity index is 797. The summed E-state index contributed by atoms with van der Waals surface area (Å²) in [6.45, 7) is 4.15. The molecule has 3 N–H and O–H groups in total. The molecule has 1 amide bonds. The SMILES string of the molecule is CCn1nc(NS(=O)(=O)c2ccc(OCC(N)=O)cc2)cc1C. The summed E-state index contributed by atoms with van der Waals surface area (Å²) >= 11 is 0.